The summed E-state index contributed by atoms with van der Waals surface area (Å²) < 4.78 is 1.54. The van der Waals surface area contributed by atoms with Gasteiger partial charge in [-0.3, -0.25) is 4.79 Å². The van der Waals surface area contributed by atoms with Gasteiger partial charge in [0.15, 0.2) is 5.65 Å². The van der Waals surface area contributed by atoms with E-state index in [0.29, 0.717) is 23.1 Å². The molecular weight excluding hydrogens is 208 g/mol. The smallest absolute Gasteiger partial charge is 0.227 e. The van der Waals surface area contributed by atoms with Crippen LogP contribution in [0.25, 0.3) is 5.65 Å². The number of amides is 1. The second kappa shape index (κ2) is 3.76. The van der Waals surface area contributed by atoms with Crippen LogP contribution in [0.2, 0.25) is 0 Å². The Morgan fingerprint density at radius 1 is 1.44 bits per heavy atom. The fraction of sp³-hybridized carbons (Fsp3) is 0.333. The van der Waals surface area contributed by atoms with Crippen molar-refractivity contribution in [3.8, 4) is 0 Å². The molecule has 1 amide bonds. The van der Waals surface area contributed by atoms with Crippen molar-refractivity contribution < 1.29 is 4.79 Å². The minimum Gasteiger partial charge on any atom is -0.357 e. The van der Waals surface area contributed by atoms with E-state index < -0.39 is 0 Å². The van der Waals surface area contributed by atoms with Gasteiger partial charge in [-0.05, 0) is 6.92 Å². The van der Waals surface area contributed by atoms with E-state index in [0.717, 1.165) is 0 Å². The Morgan fingerprint density at radius 3 is 2.81 bits per heavy atom. The van der Waals surface area contributed by atoms with Crippen LogP contribution in [0.5, 0.6) is 0 Å². The van der Waals surface area contributed by atoms with Crippen molar-refractivity contribution in [2.24, 2.45) is 0 Å². The highest BCUT2D eigenvalue weighted by molar-refractivity contribution is 5.92. The van der Waals surface area contributed by atoms with Gasteiger partial charge in [0.25, 0.3) is 0 Å². The molecule has 0 fully saturated rings. The largest absolute Gasteiger partial charge is 0.357 e. The predicted molar refractivity (Wildman–Crippen MR) is 59.4 cm³/mol. The van der Waals surface area contributed by atoms with Crippen LogP contribution in [0.15, 0.2) is 6.20 Å². The highest BCUT2D eigenvalue weighted by Crippen LogP contribution is 2.17. The molecule has 0 aliphatic heterocycles. The molecule has 7 nitrogen and oxygen atoms in total. The zero-order valence-corrected chi connectivity index (χ0v) is 9.27. The first kappa shape index (κ1) is 10.3. The normalized spacial score (nSPS) is 10.4. The van der Waals surface area contributed by atoms with Gasteiger partial charge in [0.1, 0.15) is 11.5 Å². The van der Waals surface area contributed by atoms with Crippen LogP contribution in [-0.2, 0) is 4.79 Å². The molecule has 0 saturated heterocycles. The second-order valence-corrected chi connectivity index (χ2v) is 3.32. The molecule has 0 radical (unpaired) electrons. The van der Waals surface area contributed by atoms with E-state index in [1.807, 2.05) is 0 Å². The van der Waals surface area contributed by atoms with Crippen molar-refractivity contribution in [1.29, 1.82) is 0 Å². The highest BCUT2D eigenvalue weighted by Gasteiger charge is 2.11. The number of hydrogen-bond acceptors (Lipinski definition) is 5. The molecule has 0 aromatic carbocycles. The molecule has 2 aromatic rings. The van der Waals surface area contributed by atoms with E-state index in [1.54, 1.807) is 20.2 Å². The lowest BCUT2D eigenvalue weighted by atomic mass is 10.5. The number of hydrogen-bond donors (Lipinski definition) is 2. The Morgan fingerprint density at radius 2 is 2.19 bits per heavy atom. The Kier molecular flexibility index (Phi) is 2.43. The lowest BCUT2D eigenvalue weighted by molar-refractivity contribution is -0.114. The summed E-state index contributed by atoms with van der Waals surface area (Å²) in [5.41, 5.74) is 1.15. The summed E-state index contributed by atoms with van der Waals surface area (Å²) in [5.74, 6) is 1.04. The number of nitrogens with zero attached hydrogens (tertiary/aromatic N) is 4. The number of aryl methyl sites for hydroxylation is 1. The second-order valence-electron chi connectivity index (χ2n) is 3.32. The molecule has 2 aromatic heterocycles. The molecule has 0 unspecified atom stereocenters. The maximum atomic E-state index is 11.0. The van der Waals surface area contributed by atoms with Crippen molar-refractivity contribution in [2.45, 2.75) is 13.8 Å². The molecular formula is C9H12N6O. The minimum atomic E-state index is -0.155. The maximum Gasteiger partial charge on any atom is 0.227 e. The van der Waals surface area contributed by atoms with Crippen LogP contribution in [0, 0.1) is 6.92 Å². The van der Waals surface area contributed by atoms with Gasteiger partial charge in [-0.25, -0.2) is 4.98 Å². The molecule has 2 rings (SSSR count). The van der Waals surface area contributed by atoms with Crippen molar-refractivity contribution in [2.75, 3.05) is 17.7 Å². The fourth-order valence-corrected chi connectivity index (χ4v) is 1.42. The van der Waals surface area contributed by atoms with Gasteiger partial charge < -0.3 is 10.6 Å². The first-order valence-electron chi connectivity index (χ1n) is 4.79. The third-order valence-corrected chi connectivity index (χ3v) is 2.01. The summed E-state index contributed by atoms with van der Waals surface area (Å²) >= 11 is 0. The molecule has 2 heterocycles. The SMILES string of the molecule is CNc1nc(C)nc2c(NC(C)=O)cnn12. The van der Waals surface area contributed by atoms with E-state index >= 15 is 0 Å². The number of aromatic nitrogens is 4. The van der Waals surface area contributed by atoms with Crippen molar-refractivity contribution >= 4 is 23.2 Å². The fourth-order valence-electron chi connectivity index (χ4n) is 1.42. The Labute approximate surface area is 91.9 Å². The van der Waals surface area contributed by atoms with E-state index in [2.05, 4.69) is 25.7 Å². The standard InChI is InChI=1S/C9H12N6O/c1-5-12-8-7(14-6(2)16)4-11-15(8)9(10-3)13-5/h4H,1-3H3,(H,14,16)(H,10,12,13). The quantitative estimate of drug-likeness (QED) is 0.766. The van der Waals surface area contributed by atoms with Gasteiger partial charge in [0.2, 0.25) is 11.9 Å². The number of nitrogens with one attached hydrogen (secondary N) is 2. The van der Waals surface area contributed by atoms with Crippen molar-refractivity contribution in [3.63, 3.8) is 0 Å². The average molecular weight is 220 g/mol. The molecule has 16 heavy (non-hydrogen) atoms. The van der Waals surface area contributed by atoms with E-state index in [-0.39, 0.29) is 5.91 Å². The van der Waals surface area contributed by atoms with E-state index in [4.69, 9.17) is 0 Å². The van der Waals surface area contributed by atoms with Gasteiger partial charge in [-0.15, -0.1) is 0 Å². The first-order valence-corrected chi connectivity index (χ1v) is 4.79. The maximum absolute atomic E-state index is 11.0. The van der Waals surface area contributed by atoms with E-state index in [9.17, 15) is 4.79 Å². The van der Waals surface area contributed by atoms with Crippen LogP contribution in [0.1, 0.15) is 12.7 Å². The van der Waals surface area contributed by atoms with Gasteiger partial charge in [0.05, 0.1) is 6.20 Å². The lowest BCUT2D eigenvalue weighted by Gasteiger charge is -2.04. The topological polar surface area (TPSA) is 84.2 Å². The number of carbonyl (C=O) groups is 1. The van der Waals surface area contributed by atoms with Crippen molar-refractivity contribution in [1.82, 2.24) is 19.6 Å². The lowest BCUT2D eigenvalue weighted by Crippen LogP contribution is -2.08. The molecule has 7 heteroatoms. The summed E-state index contributed by atoms with van der Waals surface area (Å²) in [5, 5.41) is 9.68. The van der Waals surface area contributed by atoms with Gasteiger partial charge in [-0.2, -0.15) is 14.6 Å². The zero-order chi connectivity index (χ0) is 11.7. The first-order chi connectivity index (χ1) is 7.61. The molecule has 2 N–H and O–H groups in total. The Bertz CT molecular complexity index is 546. The predicted octanol–water partition coefficient (Wildman–Crippen LogP) is 0.433. The molecule has 0 aliphatic rings. The molecule has 0 bridgehead atoms. The third kappa shape index (κ3) is 1.67. The van der Waals surface area contributed by atoms with Crippen LogP contribution >= 0.6 is 0 Å². The number of anilines is 2. The highest BCUT2D eigenvalue weighted by atomic mass is 16.1. The zero-order valence-electron chi connectivity index (χ0n) is 9.27. The number of fused-ring (bicyclic) bond motifs is 1. The average Bonchev–Trinajstić information content (AvgIpc) is 2.59. The molecule has 0 spiro atoms. The van der Waals surface area contributed by atoms with Crippen molar-refractivity contribution in [3.05, 3.63) is 12.0 Å². The van der Waals surface area contributed by atoms with Crippen LogP contribution in [-0.4, -0.2) is 32.5 Å². The summed E-state index contributed by atoms with van der Waals surface area (Å²) in [6.45, 7) is 3.22. The van der Waals surface area contributed by atoms with Gasteiger partial charge in [-0.1, -0.05) is 0 Å². The monoisotopic (exact) mass is 220 g/mol. The van der Waals surface area contributed by atoms with Crippen LogP contribution in [0.4, 0.5) is 11.6 Å². The summed E-state index contributed by atoms with van der Waals surface area (Å²) in [6.07, 6.45) is 1.55. The molecule has 0 aliphatic carbocycles. The minimum absolute atomic E-state index is 0.155. The van der Waals surface area contributed by atoms with Gasteiger partial charge in [0, 0.05) is 14.0 Å². The van der Waals surface area contributed by atoms with Crippen LogP contribution in [0.3, 0.4) is 0 Å². The third-order valence-electron chi connectivity index (χ3n) is 2.01. The molecule has 0 atom stereocenters. The van der Waals surface area contributed by atoms with E-state index in [1.165, 1.54) is 11.4 Å². The summed E-state index contributed by atoms with van der Waals surface area (Å²) in [7, 11) is 1.75. The molecule has 0 saturated carbocycles. The Balaban J connectivity index is 2.62. The molecule has 84 valence electrons. The van der Waals surface area contributed by atoms with Crippen LogP contribution < -0.4 is 10.6 Å². The van der Waals surface area contributed by atoms with Gasteiger partial charge >= 0.3 is 0 Å². The number of rotatable bonds is 2. The summed E-state index contributed by atoms with van der Waals surface area (Å²) in [6, 6.07) is 0. The Hall–Kier alpha value is -2.18. The summed E-state index contributed by atoms with van der Waals surface area (Å²) in [4.78, 5) is 19.4. The number of carbonyl (C=O) groups excluding carboxylic acids is 1.